The van der Waals surface area contributed by atoms with Gasteiger partial charge in [0.25, 0.3) is 0 Å². The van der Waals surface area contributed by atoms with Crippen molar-refractivity contribution in [2.24, 2.45) is 0 Å². The lowest BCUT2D eigenvalue weighted by atomic mass is 9.99. The van der Waals surface area contributed by atoms with E-state index >= 15 is 0 Å². The standard InChI is InChI=1S/C31H29FN4O3S/c1-21-10-12-25(13-11-21)36-31-28(29(33-36)22-6-3-2-4-7-22)30(23-8-5-9-24(32)18-23)40-20-27(38)35(31)19-26(37)34-14-16-39-17-15-34/h2-13,18,30H,14-17,19-20H2,1H3. The molecule has 7 nitrogen and oxygen atoms in total. The van der Waals surface area contributed by atoms with Crippen LogP contribution >= 0.6 is 11.8 Å². The molecule has 1 atom stereocenters. The van der Waals surface area contributed by atoms with Crippen molar-refractivity contribution in [1.82, 2.24) is 14.7 Å². The zero-order chi connectivity index (χ0) is 27.6. The molecule has 1 aromatic heterocycles. The van der Waals surface area contributed by atoms with Gasteiger partial charge in [-0.25, -0.2) is 9.07 Å². The van der Waals surface area contributed by atoms with Crippen molar-refractivity contribution in [3.63, 3.8) is 0 Å². The smallest absolute Gasteiger partial charge is 0.242 e. The van der Waals surface area contributed by atoms with E-state index in [0.29, 0.717) is 37.8 Å². The third-order valence-corrected chi connectivity index (χ3v) is 8.48. The molecule has 3 heterocycles. The molecule has 0 N–H and O–H groups in total. The highest BCUT2D eigenvalue weighted by Gasteiger charge is 2.38. The molecule has 0 saturated carbocycles. The second-order valence-electron chi connectivity index (χ2n) is 9.92. The number of carbonyl (C=O) groups is 2. The highest BCUT2D eigenvalue weighted by atomic mass is 32.2. The fourth-order valence-corrected chi connectivity index (χ4v) is 6.36. The molecule has 6 rings (SSSR count). The minimum Gasteiger partial charge on any atom is -0.378 e. The van der Waals surface area contributed by atoms with Crippen LogP contribution in [0.25, 0.3) is 16.9 Å². The molecule has 0 radical (unpaired) electrons. The van der Waals surface area contributed by atoms with E-state index in [9.17, 15) is 14.0 Å². The maximum Gasteiger partial charge on any atom is 0.242 e. The van der Waals surface area contributed by atoms with Gasteiger partial charge in [-0.2, -0.15) is 5.10 Å². The average Bonchev–Trinajstić information content (AvgIpc) is 3.30. The van der Waals surface area contributed by atoms with Gasteiger partial charge in [0.2, 0.25) is 11.8 Å². The van der Waals surface area contributed by atoms with Crippen LogP contribution in [-0.4, -0.2) is 65.1 Å². The Balaban J connectivity index is 1.58. The van der Waals surface area contributed by atoms with Crippen LogP contribution in [0.15, 0.2) is 78.9 Å². The van der Waals surface area contributed by atoms with Crippen LogP contribution in [-0.2, 0) is 14.3 Å². The number of hydrogen-bond donors (Lipinski definition) is 0. The molecular formula is C31H29FN4O3S. The van der Waals surface area contributed by atoms with Crippen molar-refractivity contribution >= 4 is 29.4 Å². The summed E-state index contributed by atoms with van der Waals surface area (Å²) in [5.74, 6) is -0.0151. The van der Waals surface area contributed by atoms with Crippen LogP contribution in [0.4, 0.5) is 10.2 Å². The van der Waals surface area contributed by atoms with Gasteiger partial charge in [0.1, 0.15) is 18.2 Å². The first kappa shape index (κ1) is 26.3. The van der Waals surface area contributed by atoms with Gasteiger partial charge in [0, 0.05) is 24.2 Å². The number of amides is 2. The highest BCUT2D eigenvalue weighted by molar-refractivity contribution is 8.00. The summed E-state index contributed by atoms with van der Waals surface area (Å²) in [4.78, 5) is 30.6. The number of halogens is 1. The predicted molar refractivity (Wildman–Crippen MR) is 154 cm³/mol. The van der Waals surface area contributed by atoms with Crippen LogP contribution in [0, 0.1) is 12.7 Å². The molecule has 2 aliphatic rings. The summed E-state index contributed by atoms with van der Waals surface area (Å²) >= 11 is 1.43. The number of carbonyl (C=O) groups excluding carboxylic acids is 2. The molecule has 9 heteroatoms. The second kappa shape index (κ2) is 11.3. The summed E-state index contributed by atoms with van der Waals surface area (Å²) in [6.07, 6.45) is 0. The minimum absolute atomic E-state index is 0.117. The van der Waals surface area contributed by atoms with E-state index < -0.39 is 0 Å². The van der Waals surface area contributed by atoms with E-state index in [0.717, 1.165) is 27.9 Å². The molecule has 204 valence electrons. The largest absolute Gasteiger partial charge is 0.378 e. The van der Waals surface area contributed by atoms with Gasteiger partial charge in [0.05, 0.1) is 35.6 Å². The maximum atomic E-state index is 14.5. The van der Waals surface area contributed by atoms with Gasteiger partial charge in [-0.15, -0.1) is 11.8 Å². The third-order valence-electron chi connectivity index (χ3n) is 7.22. The number of rotatable bonds is 5. The Morgan fingerprint density at radius 2 is 1.77 bits per heavy atom. The lowest BCUT2D eigenvalue weighted by Gasteiger charge is -2.30. The van der Waals surface area contributed by atoms with E-state index in [1.54, 1.807) is 20.5 Å². The Morgan fingerprint density at radius 1 is 1.02 bits per heavy atom. The molecule has 1 unspecified atom stereocenters. The molecule has 40 heavy (non-hydrogen) atoms. The van der Waals surface area contributed by atoms with E-state index in [2.05, 4.69) is 0 Å². The molecule has 0 bridgehead atoms. The summed E-state index contributed by atoms with van der Waals surface area (Å²) in [5, 5.41) is 4.70. The van der Waals surface area contributed by atoms with Gasteiger partial charge >= 0.3 is 0 Å². The Labute approximate surface area is 236 Å². The molecule has 3 aromatic carbocycles. The van der Waals surface area contributed by atoms with Gasteiger partial charge in [-0.3, -0.25) is 14.5 Å². The highest BCUT2D eigenvalue weighted by Crippen LogP contribution is 2.48. The first-order valence-electron chi connectivity index (χ1n) is 13.3. The Hall–Kier alpha value is -3.95. The number of thioether (sulfide) groups is 1. The summed E-state index contributed by atoms with van der Waals surface area (Å²) in [5.41, 5.74) is 4.94. The molecule has 1 fully saturated rings. The normalized spacial score (nSPS) is 17.4. The van der Waals surface area contributed by atoms with Crippen molar-refractivity contribution in [2.45, 2.75) is 12.2 Å². The lowest BCUT2D eigenvalue weighted by molar-refractivity contribution is -0.134. The van der Waals surface area contributed by atoms with Crippen LogP contribution in [0.3, 0.4) is 0 Å². The van der Waals surface area contributed by atoms with Crippen LogP contribution < -0.4 is 4.90 Å². The molecule has 0 aliphatic carbocycles. The molecule has 2 amide bonds. The summed E-state index contributed by atoms with van der Waals surface area (Å²) < 4.78 is 21.7. The Morgan fingerprint density at radius 3 is 2.50 bits per heavy atom. The number of nitrogens with zero attached hydrogens (tertiary/aromatic N) is 4. The number of ether oxygens (including phenoxy) is 1. The molecule has 2 aliphatic heterocycles. The van der Waals surface area contributed by atoms with Gasteiger partial charge < -0.3 is 9.64 Å². The molecule has 1 saturated heterocycles. The predicted octanol–water partition coefficient (Wildman–Crippen LogP) is 5.01. The van der Waals surface area contributed by atoms with E-state index in [4.69, 9.17) is 9.84 Å². The van der Waals surface area contributed by atoms with E-state index in [1.807, 2.05) is 67.6 Å². The van der Waals surface area contributed by atoms with E-state index in [1.165, 1.54) is 23.9 Å². The van der Waals surface area contributed by atoms with Crippen molar-refractivity contribution in [2.75, 3.05) is 43.5 Å². The van der Waals surface area contributed by atoms with Crippen LogP contribution in [0.2, 0.25) is 0 Å². The summed E-state index contributed by atoms with van der Waals surface area (Å²) in [7, 11) is 0. The number of hydrogen-bond acceptors (Lipinski definition) is 5. The van der Waals surface area contributed by atoms with Crippen molar-refractivity contribution in [3.8, 4) is 16.9 Å². The number of anilines is 1. The number of morpholine rings is 1. The molecule has 4 aromatic rings. The number of aromatic nitrogens is 2. The monoisotopic (exact) mass is 556 g/mol. The average molecular weight is 557 g/mol. The van der Waals surface area contributed by atoms with Gasteiger partial charge in [0.15, 0.2) is 0 Å². The van der Waals surface area contributed by atoms with Gasteiger partial charge in [-0.1, -0.05) is 60.2 Å². The lowest BCUT2D eigenvalue weighted by Crippen LogP contribution is -2.48. The minimum atomic E-state index is -0.382. The zero-order valence-electron chi connectivity index (χ0n) is 22.1. The van der Waals surface area contributed by atoms with Crippen molar-refractivity contribution in [1.29, 1.82) is 0 Å². The first-order chi connectivity index (χ1) is 19.5. The molecular weight excluding hydrogens is 527 g/mol. The zero-order valence-corrected chi connectivity index (χ0v) is 22.9. The van der Waals surface area contributed by atoms with Crippen molar-refractivity contribution < 1.29 is 18.7 Å². The van der Waals surface area contributed by atoms with E-state index in [-0.39, 0.29) is 35.2 Å². The first-order valence-corrected chi connectivity index (χ1v) is 14.3. The summed E-state index contributed by atoms with van der Waals surface area (Å²) in [6, 6.07) is 24.2. The number of aryl methyl sites for hydroxylation is 1. The Kier molecular flexibility index (Phi) is 7.40. The maximum absolute atomic E-state index is 14.5. The fourth-order valence-electron chi connectivity index (χ4n) is 5.18. The molecule has 0 spiro atoms. The second-order valence-corrected chi connectivity index (χ2v) is 11.0. The summed E-state index contributed by atoms with van der Waals surface area (Å²) in [6.45, 7) is 3.82. The number of fused-ring (bicyclic) bond motifs is 1. The quantitative estimate of drug-likeness (QED) is 0.346. The topological polar surface area (TPSA) is 67.7 Å². The van der Waals surface area contributed by atoms with Crippen molar-refractivity contribution in [3.05, 3.63) is 101 Å². The Bertz CT molecular complexity index is 1530. The van der Waals surface area contributed by atoms with Gasteiger partial charge in [-0.05, 0) is 36.8 Å². The SMILES string of the molecule is Cc1ccc(-n2nc(-c3ccccc3)c3c2N(CC(=O)N2CCOCC2)C(=O)CSC3c2cccc(F)c2)cc1. The van der Waals surface area contributed by atoms with Crippen LogP contribution in [0.1, 0.15) is 21.9 Å². The fraction of sp³-hybridized carbons (Fsp3) is 0.258. The third kappa shape index (κ3) is 5.14. The van der Waals surface area contributed by atoms with Crippen LogP contribution in [0.5, 0.6) is 0 Å². The number of benzene rings is 3.